The summed E-state index contributed by atoms with van der Waals surface area (Å²) >= 11 is 12.5. The maximum atomic E-state index is 12.7. The Morgan fingerprint density at radius 3 is 2.59 bits per heavy atom. The van der Waals surface area contributed by atoms with Crippen LogP contribution in [0.5, 0.6) is 0 Å². The summed E-state index contributed by atoms with van der Waals surface area (Å²) in [6.07, 6.45) is 2.64. The zero-order valence-electron chi connectivity index (χ0n) is 18.3. The smallest absolute Gasteiger partial charge is 0.340 e. The van der Waals surface area contributed by atoms with E-state index in [9.17, 15) is 14.9 Å². The second-order valence-corrected chi connectivity index (χ2v) is 7.78. The number of nitriles is 1. The average Bonchev–Trinajstić information content (AvgIpc) is 2.75. The van der Waals surface area contributed by atoms with Crippen LogP contribution in [0.1, 0.15) is 54.2 Å². The van der Waals surface area contributed by atoms with Crippen molar-refractivity contribution >= 4 is 41.0 Å². The van der Waals surface area contributed by atoms with Crippen LogP contribution in [-0.4, -0.2) is 37.2 Å². The molecular formula is C23H25Cl2N3O4. The van der Waals surface area contributed by atoms with E-state index in [0.717, 1.165) is 12.8 Å². The number of anilines is 1. The molecule has 0 unspecified atom stereocenters. The number of hydrogen-bond donors (Lipinski definition) is 1. The van der Waals surface area contributed by atoms with Crippen LogP contribution in [0.25, 0.3) is 11.1 Å². The van der Waals surface area contributed by atoms with E-state index >= 15 is 0 Å². The molecule has 0 aliphatic heterocycles. The van der Waals surface area contributed by atoms with E-state index in [-0.39, 0.29) is 23.7 Å². The van der Waals surface area contributed by atoms with Crippen molar-refractivity contribution in [2.24, 2.45) is 0 Å². The van der Waals surface area contributed by atoms with Gasteiger partial charge in [0.25, 0.3) is 0 Å². The van der Waals surface area contributed by atoms with Gasteiger partial charge in [0.1, 0.15) is 17.5 Å². The highest BCUT2D eigenvalue weighted by Gasteiger charge is 2.26. The van der Waals surface area contributed by atoms with Crippen molar-refractivity contribution in [2.45, 2.75) is 39.5 Å². The molecule has 1 heterocycles. The number of ether oxygens (including phenoxy) is 2. The third-order valence-corrected chi connectivity index (χ3v) is 5.30. The number of methoxy groups -OCH3 is 1. The van der Waals surface area contributed by atoms with Crippen LogP contribution < -0.4 is 5.32 Å². The summed E-state index contributed by atoms with van der Waals surface area (Å²) in [4.78, 5) is 28.4. The number of rotatable bonds is 10. The quantitative estimate of drug-likeness (QED) is 0.353. The molecule has 170 valence electrons. The van der Waals surface area contributed by atoms with E-state index in [1.165, 1.54) is 7.11 Å². The van der Waals surface area contributed by atoms with Crippen LogP contribution in [0.4, 0.5) is 5.82 Å². The van der Waals surface area contributed by atoms with Crippen LogP contribution in [0, 0.1) is 18.3 Å². The first-order valence-corrected chi connectivity index (χ1v) is 11.0. The van der Waals surface area contributed by atoms with Crippen molar-refractivity contribution in [3.8, 4) is 17.2 Å². The molecule has 1 aromatic heterocycles. The normalized spacial score (nSPS) is 10.4. The first kappa shape index (κ1) is 25.4. The molecule has 0 aliphatic rings. The van der Waals surface area contributed by atoms with E-state index in [1.54, 1.807) is 32.0 Å². The van der Waals surface area contributed by atoms with E-state index in [2.05, 4.69) is 21.1 Å². The molecule has 0 atom stereocenters. The van der Waals surface area contributed by atoms with Crippen LogP contribution in [0.3, 0.4) is 0 Å². The molecule has 0 saturated carbocycles. The maximum absolute atomic E-state index is 12.7. The fourth-order valence-corrected chi connectivity index (χ4v) is 3.74. The van der Waals surface area contributed by atoms with Crippen LogP contribution >= 0.6 is 23.2 Å². The Labute approximate surface area is 197 Å². The molecule has 0 amide bonds. The lowest BCUT2D eigenvalue weighted by atomic mass is 9.94. The molecule has 0 radical (unpaired) electrons. The van der Waals surface area contributed by atoms with E-state index in [1.807, 2.05) is 0 Å². The highest BCUT2D eigenvalue weighted by molar-refractivity contribution is 6.36. The lowest BCUT2D eigenvalue weighted by Gasteiger charge is -2.18. The molecule has 1 N–H and O–H groups in total. The number of halogens is 2. The van der Waals surface area contributed by atoms with Gasteiger partial charge in [0, 0.05) is 34.1 Å². The summed E-state index contributed by atoms with van der Waals surface area (Å²) in [7, 11) is 1.37. The summed E-state index contributed by atoms with van der Waals surface area (Å²) in [5.74, 6) is -0.461. The lowest BCUT2D eigenvalue weighted by Crippen LogP contribution is -2.15. The molecule has 2 rings (SSSR count). The van der Waals surface area contributed by atoms with Crippen LogP contribution in [-0.2, 0) is 14.3 Å². The van der Waals surface area contributed by atoms with Crippen molar-refractivity contribution < 1.29 is 19.1 Å². The molecule has 9 heteroatoms. The number of aryl methyl sites for hydroxylation is 1. The number of aromatic nitrogens is 1. The molecule has 0 aliphatic carbocycles. The minimum Gasteiger partial charge on any atom is -0.469 e. The molecule has 2 aromatic rings. The van der Waals surface area contributed by atoms with Gasteiger partial charge in [-0.3, -0.25) is 4.79 Å². The van der Waals surface area contributed by atoms with Gasteiger partial charge in [-0.05, 0) is 38.8 Å². The summed E-state index contributed by atoms with van der Waals surface area (Å²) in [5.41, 5.74) is 1.64. The Morgan fingerprint density at radius 1 is 1.22 bits per heavy atom. The minimum atomic E-state index is -0.579. The Hall–Kier alpha value is -2.82. The SMILES string of the molecule is CCOC(=O)c1c(C)nc(NCCCCCC(=O)OC)c(C#N)c1-c1ccc(Cl)cc1Cl. The number of carbonyl (C=O) groups is 2. The van der Waals surface area contributed by atoms with Crippen molar-refractivity contribution in [3.63, 3.8) is 0 Å². The van der Waals surface area contributed by atoms with Crippen molar-refractivity contribution in [1.29, 1.82) is 5.26 Å². The van der Waals surface area contributed by atoms with Crippen molar-refractivity contribution in [2.75, 3.05) is 25.6 Å². The van der Waals surface area contributed by atoms with Gasteiger partial charge in [-0.1, -0.05) is 35.7 Å². The number of nitrogens with zero attached hydrogens (tertiary/aromatic N) is 2. The van der Waals surface area contributed by atoms with Crippen LogP contribution in [0.15, 0.2) is 18.2 Å². The van der Waals surface area contributed by atoms with Crippen LogP contribution in [0.2, 0.25) is 10.0 Å². The second kappa shape index (κ2) is 12.3. The monoisotopic (exact) mass is 477 g/mol. The number of nitrogens with one attached hydrogen (secondary N) is 1. The van der Waals surface area contributed by atoms with Gasteiger partial charge >= 0.3 is 11.9 Å². The molecular weight excluding hydrogens is 453 g/mol. The Balaban J connectivity index is 2.41. The molecule has 0 saturated heterocycles. The molecule has 32 heavy (non-hydrogen) atoms. The Kier molecular flexibility index (Phi) is 9.76. The number of benzene rings is 1. The van der Waals surface area contributed by atoms with Gasteiger partial charge in [0.05, 0.1) is 25.0 Å². The van der Waals surface area contributed by atoms with E-state index in [4.69, 9.17) is 27.9 Å². The minimum absolute atomic E-state index is 0.180. The lowest BCUT2D eigenvalue weighted by molar-refractivity contribution is -0.140. The number of unbranched alkanes of at least 4 members (excludes halogenated alkanes) is 2. The maximum Gasteiger partial charge on any atom is 0.340 e. The zero-order valence-corrected chi connectivity index (χ0v) is 19.8. The van der Waals surface area contributed by atoms with E-state index < -0.39 is 5.97 Å². The zero-order chi connectivity index (χ0) is 23.7. The second-order valence-electron chi connectivity index (χ2n) is 6.94. The topological polar surface area (TPSA) is 101 Å². The first-order chi connectivity index (χ1) is 15.3. The number of hydrogen-bond acceptors (Lipinski definition) is 7. The predicted octanol–water partition coefficient (Wildman–Crippen LogP) is 5.56. The number of esters is 2. The standard InChI is InChI=1S/C23H25Cl2N3O4/c1-4-32-23(30)20-14(2)28-22(27-11-7-5-6-8-19(29)31-3)17(13-26)21(20)16-10-9-15(24)12-18(16)25/h9-10,12H,4-8,11H2,1-3H3,(H,27,28). The third kappa shape index (κ3) is 6.35. The van der Waals surface area contributed by atoms with E-state index in [0.29, 0.717) is 52.1 Å². The molecule has 0 bridgehead atoms. The predicted molar refractivity (Wildman–Crippen MR) is 124 cm³/mol. The van der Waals surface area contributed by atoms with Gasteiger partial charge in [-0.25, -0.2) is 9.78 Å². The van der Waals surface area contributed by atoms with Gasteiger partial charge in [0.15, 0.2) is 0 Å². The first-order valence-electron chi connectivity index (χ1n) is 10.2. The molecule has 7 nitrogen and oxygen atoms in total. The fraction of sp³-hybridized carbons (Fsp3) is 0.391. The highest BCUT2D eigenvalue weighted by Crippen LogP contribution is 2.38. The summed E-state index contributed by atoms with van der Waals surface area (Å²) < 4.78 is 9.84. The highest BCUT2D eigenvalue weighted by atomic mass is 35.5. The third-order valence-electron chi connectivity index (χ3n) is 4.75. The Bertz CT molecular complexity index is 1030. The van der Waals surface area contributed by atoms with Gasteiger partial charge in [-0.2, -0.15) is 5.26 Å². The number of carbonyl (C=O) groups excluding carboxylic acids is 2. The average molecular weight is 478 g/mol. The summed E-state index contributed by atoms with van der Waals surface area (Å²) in [6, 6.07) is 7.02. The van der Waals surface area contributed by atoms with Gasteiger partial charge < -0.3 is 14.8 Å². The molecule has 0 spiro atoms. The fourth-order valence-electron chi connectivity index (χ4n) is 3.24. The Morgan fingerprint density at radius 2 is 1.97 bits per heavy atom. The summed E-state index contributed by atoms with van der Waals surface area (Å²) in [5, 5.41) is 13.9. The van der Waals surface area contributed by atoms with Crippen molar-refractivity contribution in [3.05, 3.63) is 45.1 Å². The van der Waals surface area contributed by atoms with Gasteiger partial charge in [0.2, 0.25) is 0 Å². The molecule has 0 fully saturated rings. The number of pyridine rings is 1. The summed E-state index contributed by atoms with van der Waals surface area (Å²) in [6.45, 7) is 4.10. The van der Waals surface area contributed by atoms with Gasteiger partial charge in [-0.15, -0.1) is 0 Å². The largest absolute Gasteiger partial charge is 0.469 e. The van der Waals surface area contributed by atoms with Crippen molar-refractivity contribution in [1.82, 2.24) is 4.98 Å². The molecule has 1 aromatic carbocycles.